The van der Waals surface area contributed by atoms with Crippen LogP contribution in [0.2, 0.25) is 0 Å². The van der Waals surface area contributed by atoms with E-state index < -0.39 is 30.7 Å². The zero-order valence-electron chi connectivity index (χ0n) is 69.2. The number of phenolic OH excluding ortho intramolecular Hbond substituents is 1. The van der Waals surface area contributed by atoms with Gasteiger partial charge in [0.15, 0.2) is 17.8 Å². The summed E-state index contributed by atoms with van der Waals surface area (Å²) in [6.07, 6.45) is 4.01. The van der Waals surface area contributed by atoms with Gasteiger partial charge in [0.1, 0.15) is 75.4 Å². The number of carbonyl (C=O) groups excluding carboxylic acids is 5. The van der Waals surface area contributed by atoms with Crippen molar-refractivity contribution < 1.29 is 89.8 Å². The summed E-state index contributed by atoms with van der Waals surface area (Å²) in [5.41, 5.74) is 12.2. The van der Waals surface area contributed by atoms with Crippen LogP contribution in [0.25, 0.3) is 66.1 Å². The standard InChI is InChI=1S/C26H22FNO3.C22H15FO2.C15H9BrO2.C15H11BrO.C8H7BrO.C7H6BFO3.C7H5BrO2.C4H7NO2.CH4/c27-24-11-18(14-28-15-21(16-28)26(29)30)6-8-23(24)19-7-9-25-20(12-19)13-22(31-25)10-17-4-2-1-3-5-17;23-21-11-16(14-24)6-8-20(21)17-7-9-22-18(12-17)13-19(25-22)10-15-4-2-1-3-5-15;16-12-6-7-13-11(8-12)9-14(18-13)15(17)10-4-2-1-3-5-10;16-13-6-7-15-12(9-13)10-14(17-15)8-11-4-2-1-3-5-11;9-6-8(10)7-4-2-1-3-5-7;9-7-3-5(4-10)1-2-6(7)8(11)12;8-6-1-2-7(10)5(3-6)4-9;6-4(7)3-1-5-2-3;/h1-9,11-13,21H,10,14-16H2,(H,29,30);1-9,11-14H,10H2;1-9H;1-7,9-10H,8H2;1-5H,6H2;1-4,11-12H;1-4,10H;3,5H,1-2H2,(H,6,7);1H4. The Morgan fingerprint density at radius 1 is 0.420 bits per heavy atom. The van der Waals surface area contributed by atoms with Crippen LogP contribution in [0, 0.1) is 29.3 Å². The third-order valence-electron chi connectivity index (χ3n) is 20.5. The number of ketones is 2. The molecule has 26 heteroatoms. The number of carboxylic acids is 2. The molecular formula is C105H86BBr4F3N2O16. The minimum atomic E-state index is -1.84. The van der Waals surface area contributed by atoms with Gasteiger partial charge in [0, 0.05) is 126 Å². The Kier molecular flexibility index (Phi) is 36.3. The first-order valence-electron chi connectivity index (χ1n) is 40.6. The van der Waals surface area contributed by atoms with Gasteiger partial charge in [-0.25, -0.2) is 13.2 Å². The molecule has 19 rings (SSSR count). The van der Waals surface area contributed by atoms with E-state index in [9.17, 15) is 46.7 Å². The number of benzene rings is 13. The molecule has 0 spiro atoms. The van der Waals surface area contributed by atoms with E-state index in [1.807, 2.05) is 181 Å². The number of alkyl halides is 1. The van der Waals surface area contributed by atoms with Crippen molar-refractivity contribution in [2.75, 3.05) is 31.5 Å². The van der Waals surface area contributed by atoms with Crippen LogP contribution in [0.3, 0.4) is 0 Å². The minimum absolute atomic E-state index is 0. The van der Waals surface area contributed by atoms with Crippen molar-refractivity contribution in [1.82, 2.24) is 10.2 Å². The summed E-state index contributed by atoms with van der Waals surface area (Å²) in [6.45, 7) is 2.89. The normalized spacial score (nSPS) is 11.9. The minimum Gasteiger partial charge on any atom is -0.507 e. The fraction of sp³-hybridized carbons (Fsp3) is 0.114. The number of Topliss-reactive ketones (excluding diaryl/α,β-unsaturated/α-hetero) is 1. The van der Waals surface area contributed by atoms with Gasteiger partial charge in [0.25, 0.3) is 0 Å². The maximum absolute atomic E-state index is 14.9. The molecule has 6 N–H and O–H groups in total. The SMILES string of the molecule is Brc1ccc2oc(Cc3ccccc3)cc2c1.C.O=C(CBr)c1ccccc1.O=C(O)C1CN(Cc2ccc(-c3ccc4oc(Cc5ccccc5)cc4c3)c(F)c2)C1.O=C(O)C1CNC1.O=C(c1ccccc1)c1cc2cc(Br)ccc2o1.O=Cc1cc(Br)ccc1O.O=Cc1ccc(-c2ccc3oc(Cc4ccccc4)cc3c2)c(F)c1.O=Cc1ccc(B(O)O)c(F)c1. The van der Waals surface area contributed by atoms with Crippen LogP contribution in [-0.4, -0.2) is 111 Å². The highest BCUT2D eigenvalue weighted by Gasteiger charge is 2.32. The summed E-state index contributed by atoms with van der Waals surface area (Å²) in [7, 11) is -1.84. The molecule has 2 saturated heterocycles. The van der Waals surface area contributed by atoms with Gasteiger partial charge in [-0.1, -0.05) is 271 Å². The van der Waals surface area contributed by atoms with Crippen molar-refractivity contribution in [3.8, 4) is 28.0 Å². The van der Waals surface area contributed by atoms with Gasteiger partial charge < -0.3 is 48.4 Å². The topological polar surface area (TPSA) is 288 Å². The predicted octanol–water partition coefficient (Wildman–Crippen LogP) is 23.7. The summed E-state index contributed by atoms with van der Waals surface area (Å²) >= 11 is 13.1. The van der Waals surface area contributed by atoms with E-state index in [-0.39, 0.29) is 53.4 Å². The second kappa shape index (κ2) is 48.4. The quantitative estimate of drug-likeness (QED) is 0.0179. The number of fused-ring (bicyclic) bond motifs is 4. The van der Waals surface area contributed by atoms with Crippen LogP contribution in [0.15, 0.2) is 353 Å². The molecule has 2 fully saturated rings. The van der Waals surface area contributed by atoms with Crippen molar-refractivity contribution in [3.05, 3.63) is 425 Å². The molecule has 0 saturated carbocycles. The molecule has 0 radical (unpaired) electrons. The van der Waals surface area contributed by atoms with Gasteiger partial charge in [-0.3, -0.25) is 38.5 Å². The van der Waals surface area contributed by atoms with Crippen molar-refractivity contribution in [2.45, 2.75) is 33.2 Å². The van der Waals surface area contributed by atoms with Gasteiger partial charge in [0.2, 0.25) is 5.78 Å². The highest BCUT2D eigenvalue weighted by molar-refractivity contribution is 9.11. The van der Waals surface area contributed by atoms with Crippen molar-refractivity contribution in [3.63, 3.8) is 0 Å². The zero-order valence-corrected chi connectivity index (χ0v) is 75.6. The van der Waals surface area contributed by atoms with Crippen LogP contribution >= 0.6 is 63.7 Å². The summed E-state index contributed by atoms with van der Waals surface area (Å²) in [4.78, 5) is 77.1. The molecule has 4 aromatic heterocycles. The van der Waals surface area contributed by atoms with E-state index in [0.29, 0.717) is 103 Å². The Labute approximate surface area is 786 Å². The molecular weight excluding hydrogens is 1930 g/mol. The van der Waals surface area contributed by atoms with E-state index in [4.69, 9.17) is 43.0 Å². The molecule has 0 amide bonds. The van der Waals surface area contributed by atoms with Gasteiger partial charge in [0.05, 0.1) is 22.7 Å². The number of hydrogen-bond acceptors (Lipinski definition) is 16. The zero-order chi connectivity index (χ0) is 92.2. The molecule has 17 aromatic rings. The first-order valence-corrected chi connectivity index (χ1v) is 44.1. The summed E-state index contributed by atoms with van der Waals surface area (Å²) in [5.74, 6) is -0.179. The molecule has 0 aliphatic carbocycles. The summed E-state index contributed by atoms with van der Waals surface area (Å²) in [5, 5.41) is 50.6. The Morgan fingerprint density at radius 3 is 1.23 bits per heavy atom. The molecule has 664 valence electrons. The average molecular weight is 2020 g/mol. The molecule has 13 aromatic carbocycles. The fourth-order valence-corrected chi connectivity index (χ4v) is 15.0. The van der Waals surface area contributed by atoms with E-state index in [1.54, 1.807) is 54.6 Å². The van der Waals surface area contributed by atoms with Gasteiger partial charge in [-0.05, 0) is 155 Å². The number of halogens is 7. The largest absolute Gasteiger partial charge is 0.507 e. The van der Waals surface area contributed by atoms with Gasteiger partial charge in [-0.15, -0.1) is 0 Å². The van der Waals surface area contributed by atoms with Gasteiger partial charge in [-0.2, -0.15) is 0 Å². The van der Waals surface area contributed by atoms with E-state index in [1.165, 1.54) is 34.9 Å². The van der Waals surface area contributed by atoms with Crippen LogP contribution in [0.1, 0.15) is 105 Å². The smallest absolute Gasteiger partial charge is 0.491 e. The molecule has 0 atom stereocenters. The number of nitrogens with zero attached hydrogens (tertiary/aromatic N) is 1. The lowest BCUT2D eigenvalue weighted by Gasteiger charge is -2.36. The van der Waals surface area contributed by atoms with Crippen molar-refractivity contribution in [2.24, 2.45) is 11.8 Å². The number of likely N-dealkylation sites (tertiary alicyclic amines) is 1. The lowest BCUT2D eigenvalue weighted by atomic mass is 9.79. The fourth-order valence-electron chi connectivity index (χ4n) is 13.6. The first kappa shape index (κ1) is 98.3. The second-order valence-corrected chi connectivity index (χ2v) is 33.2. The third kappa shape index (κ3) is 28.4. The number of aliphatic carboxylic acids is 2. The highest BCUT2D eigenvalue weighted by Crippen LogP contribution is 2.34. The number of hydrogen-bond donors (Lipinski definition) is 6. The molecule has 2 aliphatic rings. The first-order chi connectivity index (χ1) is 62.8. The number of phenols is 1. The molecule has 0 bridgehead atoms. The molecule has 18 nitrogen and oxygen atoms in total. The molecule has 2 aliphatic heterocycles. The Balaban J connectivity index is 0.000000150. The Hall–Kier alpha value is -13.3. The third-order valence-corrected chi connectivity index (χ3v) is 22.5. The van der Waals surface area contributed by atoms with E-state index in [2.05, 4.69) is 130 Å². The molecule has 131 heavy (non-hydrogen) atoms. The number of nitrogens with one attached hydrogen (secondary N) is 1. The second-order valence-electron chi connectivity index (χ2n) is 29.9. The van der Waals surface area contributed by atoms with Crippen molar-refractivity contribution >= 4 is 163 Å². The number of carbonyl (C=O) groups is 7. The van der Waals surface area contributed by atoms with Crippen LogP contribution in [-0.2, 0) is 35.4 Å². The maximum Gasteiger partial charge on any atom is 0.491 e. The Morgan fingerprint density at radius 2 is 0.824 bits per heavy atom. The highest BCUT2D eigenvalue weighted by atomic mass is 79.9. The van der Waals surface area contributed by atoms with Crippen LogP contribution in [0.4, 0.5) is 13.2 Å². The number of rotatable bonds is 20. The molecule has 6 heterocycles. The number of carboxylic acid groups (broad SMARTS) is 2. The maximum atomic E-state index is 14.9. The Bertz CT molecular complexity index is 6750. The average Bonchev–Trinajstić information content (AvgIpc) is 1.65. The van der Waals surface area contributed by atoms with Crippen molar-refractivity contribution in [1.29, 1.82) is 0 Å². The lowest BCUT2D eigenvalue weighted by Crippen LogP contribution is -2.49. The van der Waals surface area contributed by atoms with Crippen LogP contribution < -0.4 is 10.8 Å². The summed E-state index contributed by atoms with van der Waals surface area (Å²) < 4.78 is 68.0. The number of aromatic hydroxyl groups is 1. The van der Waals surface area contributed by atoms with Gasteiger partial charge >= 0.3 is 19.1 Å². The lowest BCUT2D eigenvalue weighted by molar-refractivity contribution is -0.148. The monoisotopic (exact) mass is 2010 g/mol. The molecule has 0 unspecified atom stereocenters. The number of furan rings is 4. The van der Waals surface area contributed by atoms with E-state index >= 15 is 0 Å². The van der Waals surface area contributed by atoms with E-state index in [0.717, 1.165) is 115 Å². The predicted molar refractivity (Wildman–Crippen MR) is 519 cm³/mol. The summed E-state index contributed by atoms with van der Waals surface area (Å²) in [6, 6.07) is 97.8. The van der Waals surface area contributed by atoms with Crippen LogP contribution in [0.5, 0.6) is 5.75 Å². The number of aldehydes is 3.